The van der Waals surface area contributed by atoms with Gasteiger partial charge < -0.3 is 9.47 Å². The Labute approximate surface area is 160 Å². The number of rotatable bonds is 3. The van der Waals surface area contributed by atoms with Gasteiger partial charge in [0.1, 0.15) is 6.10 Å². The van der Waals surface area contributed by atoms with E-state index in [2.05, 4.69) is 24.8 Å². The van der Waals surface area contributed by atoms with Crippen LogP contribution in [0.25, 0.3) is 0 Å². The van der Waals surface area contributed by atoms with Crippen LogP contribution in [0.3, 0.4) is 0 Å². The fourth-order valence-electron chi connectivity index (χ4n) is 5.10. The van der Waals surface area contributed by atoms with Crippen molar-refractivity contribution in [3.63, 3.8) is 0 Å². The number of allylic oxidation sites excluding steroid dienone is 2. The number of nitriles is 3. The maximum absolute atomic E-state index is 10.1. The van der Waals surface area contributed by atoms with E-state index in [9.17, 15) is 15.8 Å². The molecule has 5 atom stereocenters. The third kappa shape index (κ3) is 2.22. The summed E-state index contributed by atoms with van der Waals surface area (Å²) in [4.78, 5) is 0. The number of ether oxygens (including phenoxy) is 2. The lowest BCUT2D eigenvalue weighted by atomic mass is 9.52. The van der Waals surface area contributed by atoms with Crippen LogP contribution < -0.4 is 0 Å². The van der Waals surface area contributed by atoms with Crippen LogP contribution in [0, 0.1) is 62.1 Å². The molecule has 3 aliphatic rings. The fourth-order valence-corrected chi connectivity index (χ4v) is 5.10. The monoisotopic (exact) mass is 364 g/mol. The Morgan fingerprint density at radius 2 is 2.00 bits per heavy atom. The van der Waals surface area contributed by atoms with Crippen molar-refractivity contribution in [2.24, 2.45) is 22.7 Å². The van der Waals surface area contributed by atoms with Gasteiger partial charge in [0.05, 0.1) is 24.1 Å². The highest BCUT2D eigenvalue weighted by Crippen LogP contribution is 2.64. The van der Waals surface area contributed by atoms with E-state index in [0.29, 0.717) is 18.8 Å². The van der Waals surface area contributed by atoms with Crippen LogP contribution in [0.1, 0.15) is 46.5 Å². The first-order valence-corrected chi connectivity index (χ1v) is 9.30. The van der Waals surface area contributed by atoms with Gasteiger partial charge in [-0.2, -0.15) is 15.8 Å². The van der Waals surface area contributed by atoms with Crippen molar-refractivity contribution in [1.29, 1.82) is 21.2 Å². The molecule has 2 bridgehead atoms. The van der Waals surface area contributed by atoms with Crippen LogP contribution in [0.2, 0.25) is 0 Å². The van der Waals surface area contributed by atoms with Crippen molar-refractivity contribution in [2.75, 3.05) is 0 Å². The molecule has 2 aliphatic heterocycles. The summed E-state index contributed by atoms with van der Waals surface area (Å²) in [7, 11) is 0. The van der Waals surface area contributed by atoms with Crippen LogP contribution in [-0.4, -0.2) is 17.8 Å². The summed E-state index contributed by atoms with van der Waals surface area (Å²) in [5.74, 6) is -1.73. The van der Waals surface area contributed by atoms with E-state index in [-0.39, 0.29) is 5.90 Å². The average molecular weight is 364 g/mol. The van der Waals surface area contributed by atoms with Gasteiger partial charge in [-0.3, -0.25) is 5.41 Å². The van der Waals surface area contributed by atoms with Crippen molar-refractivity contribution in [1.82, 2.24) is 0 Å². The summed E-state index contributed by atoms with van der Waals surface area (Å²) >= 11 is 0. The van der Waals surface area contributed by atoms with E-state index in [1.54, 1.807) is 6.92 Å². The van der Waals surface area contributed by atoms with Gasteiger partial charge in [-0.15, -0.1) is 0 Å². The van der Waals surface area contributed by atoms with Crippen molar-refractivity contribution in [3.05, 3.63) is 23.8 Å². The molecule has 6 heteroatoms. The fraction of sp³-hybridized carbons (Fsp3) is 0.619. The van der Waals surface area contributed by atoms with Gasteiger partial charge in [-0.25, -0.2) is 0 Å². The minimum atomic E-state index is -1.82. The molecular weight excluding hydrogens is 340 g/mol. The lowest BCUT2D eigenvalue weighted by molar-refractivity contribution is -0.261. The summed E-state index contributed by atoms with van der Waals surface area (Å²) in [5.41, 5.74) is -1.51. The molecule has 3 rings (SSSR count). The molecule has 2 heterocycles. The van der Waals surface area contributed by atoms with E-state index in [1.165, 1.54) is 0 Å². The molecule has 2 saturated heterocycles. The first-order chi connectivity index (χ1) is 12.8. The zero-order chi connectivity index (χ0) is 20.0. The van der Waals surface area contributed by atoms with Crippen LogP contribution >= 0.6 is 0 Å². The summed E-state index contributed by atoms with van der Waals surface area (Å²) < 4.78 is 12.0. The number of nitrogens with one attached hydrogen (secondary N) is 1. The lowest BCUT2D eigenvalue weighted by Gasteiger charge is -2.49. The second-order valence-corrected chi connectivity index (χ2v) is 7.95. The molecule has 0 aromatic heterocycles. The van der Waals surface area contributed by atoms with E-state index in [0.717, 1.165) is 24.0 Å². The van der Waals surface area contributed by atoms with Gasteiger partial charge in [0.15, 0.2) is 5.41 Å². The molecule has 0 amide bonds. The predicted octanol–water partition coefficient (Wildman–Crippen LogP) is 3.98. The maximum atomic E-state index is 10.1. The Kier molecular flexibility index (Phi) is 4.41. The molecule has 5 unspecified atom stereocenters. The smallest absolute Gasteiger partial charge is 0.214 e. The summed E-state index contributed by atoms with van der Waals surface area (Å²) in [6.45, 7) is 9.59. The summed E-state index contributed by atoms with van der Waals surface area (Å²) in [6.07, 6.45) is 3.87. The summed E-state index contributed by atoms with van der Waals surface area (Å²) in [6, 6.07) is 6.34. The topological polar surface area (TPSA) is 114 Å². The Hall–Kier alpha value is -2.62. The summed E-state index contributed by atoms with van der Waals surface area (Å²) in [5, 5.41) is 38.7. The first kappa shape index (κ1) is 19.2. The molecular formula is C21H24N4O2. The minimum Gasteiger partial charge on any atom is -0.448 e. The van der Waals surface area contributed by atoms with E-state index < -0.39 is 28.6 Å². The first-order valence-electron chi connectivity index (χ1n) is 9.30. The highest BCUT2D eigenvalue weighted by atomic mass is 16.7. The SMILES string of the molecule is C=C(C)C1CC=C(C2OC3(C)OC(=N)C(C#N)(C3CC)C2(C#N)C#N)CC1. The minimum absolute atomic E-state index is 0.332. The van der Waals surface area contributed by atoms with Crippen LogP contribution in [-0.2, 0) is 9.47 Å². The Balaban J connectivity index is 2.17. The number of nitrogens with zero attached hydrogens (tertiary/aromatic N) is 3. The molecule has 1 aliphatic carbocycles. The largest absolute Gasteiger partial charge is 0.448 e. The highest BCUT2D eigenvalue weighted by Gasteiger charge is 2.79. The molecule has 0 spiro atoms. The highest BCUT2D eigenvalue weighted by molar-refractivity contribution is 5.89. The number of hydrogen-bond donors (Lipinski definition) is 1. The van der Waals surface area contributed by atoms with Crippen LogP contribution in [0.5, 0.6) is 0 Å². The Bertz CT molecular complexity index is 841. The standard InChI is InChI=1S/C21H24N4O2/c1-5-16-19(4)26-17(15-8-6-14(7-9-15)13(2)3)20(10-22,11-23)21(16,12-24)18(25)27-19/h8,14,16-17,25H,2,5-7,9H2,1,3-4H3. The molecule has 2 fully saturated rings. The zero-order valence-electron chi connectivity index (χ0n) is 16.0. The third-order valence-corrected chi connectivity index (χ3v) is 6.60. The third-order valence-electron chi connectivity index (χ3n) is 6.60. The Morgan fingerprint density at radius 3 is 2.44 bits per heavy atom. The molecule has 6 nitrogen and oxygen atoms in total. The van der Waals surface area contributed by atoms with Crippen LogP contribution in [0.4, 0.5) is 0 Å². The van der Waals surface area contributed by atoms with E-state index in [1.807, 2.05) is 19.9 Å². The van der Waals surface area contributed by atoms with Gasteiger partial charge in [0.25, 0.3) is 0 Å². The average Bonchev–Trinajstić information content (AvgIpc) is 2.84. The number of hydrogen-bond acceptors (Lipinski definition) is 6. The molecule has 27 heavy (non-hydrogen) atoms. The van der Waals surface area contributed by atoms with E-state index >= 15 is 0 Å². The normalized spacial score (nSPS) is 39.3. The molecule has 1 N–H and O–H groups in total. The quantitative estimate of drug-likeness (QED) is 0.761. The van der Waals surface area contributed by atoms with Crippen molar-refractivity contribution < 1.29 is 9.47 Å². The molecule has 140 valence electrons. The predicted molar refractivity (Wildman–Crippen MR) is 97.8 cm³/mol. The molecule has 0 aromatic carbocycles. The van der Waals surface area contributed by atoms with Crippen molar-refractivity contribution in [2.45, 2.75) is 58.3 Å². The maximum Gasteiger partial charge on any atom is 0.214 e. The van der Waals surface area contributed by atoms with Crippen molar-refractivity contribution >= 4 is 5.90 Å². The second-order valence-electron chi connectivity index (χ2n) is 7.95. The van der Waals surface area contributed by atoms with Crippen molar-refractivity contribution in [3.8, 4) is 18.2 Å². The van der Waals surface area contributed by atoms with Gasteiger partial charge in [0.2, 0.25) is 17.1 Å². The van der Waals surface area contributed by atoms with Gasteiger partial charge in [-0.1, -0.05) is 25.2 Å². The molecule has 0 saturated carbocycles. The number of fused-ring (bicyclic) bond motifs is 2. The van der Waals surface area contributed by atoms with E-state index in [4.69, 9.17) is 14.9 Å². The molecule has 0 radical (unpaired) electrons. The van der Waals surface area contributed by atoms with Gasteiger partial charge >= 0.3 is 0 Å². The second kappa shape index (κ2) is 6.22. The van der Waals surface area contributed by atoms with Gasteiger partial charge in [-0.05, 0) is 44.1 Å². The Morgan fingerprint density at radius 1 is 1.33 bits per heavy atom. The van der Waals surface area contributed by atoms with Crippen LogP contribution in [0.15, 0.2) is 23.8 Å². The van der Waals surface area contributed by atoms with Gasteiger partial charge in [0, 0.05) is 6.92 Å². The molecule has 0 aromatic rings. The lowest BCUT2D eigenvalue weighted by Crippen LogP contribution is -2.62. The zero-order valence-corrected chi connectivity index (χ0v) is 16.0.